The van der Waals surface area contributed by atoms with Crippen molar-refractivity contribution in [2.24, 2.45) is 5.92 Å². The van der Waals surface area contributed by atoms with Crippen molar-refractivity contribution in [1.82, 2.24) is 4.90 Å². The van der Waals surface area contributed by atoms with Crippen LogP contribution in [-0.4, -0.2) is 37.0 Å². The summed E-state index contributed by atoms with van der Waals surface area (Å²) in [5, 5.41) is 14.4. The van der Waals surface area contributed by atoms with Crippen molar-refractivity contribution in [3.63, 3.8) is 0 Å². The summed E-state index contributed by atoms with van der Waals surface area (Å²) in [6.07, 6.45) is 1.40. The van der Waals surface area contributed by atoms with Crippen molar-refractivity contribution in [3.05, 3.63) is 18.2 Å². The monoisotopic (exact) mass is 316 g/mol. The second-order valence-corrected chi connectivity index (χ2v) is 5.42. The largest absolute Gasteiger partial charge is 0.495 e. The number of likely N-dealkylation sites (tertiary alicyclic amines) is 1. The van der Waals surface area contributed by atoms with E-state index in [2.05, 4.69) is 16.7 Å². The third-order valence-corrected chi connectivity index (χ3v) is 3.73. The summed E-state index contributed by atoms with van der Waals surface area (Å²) in [6, 6.07) is 7.08. The number of rotatable bonds is 3. The lowest BCUT2D eigenvalue weighted by Crippen LogP contribution is -2.40. The Hall–Kier alpha value is -2.75. The molecule has 1 fully saturated rings. The maximum atomic E-state index is 12.3. The van der Waals surface area contributed by atoms with Crippen LogP contribution in [0.1, 0.15) is 19.8 Å². The van der Waals surface area contributed by atoms with Crippen LogP contribution < -0.4 is 15.4 Å². The molecule has 1 aromatic rings. The summed E-state index contributed by atoms with van der Waals surface area (Å²) < 4.78 is 5.18. The van der Waals surface area contributed by atoms with E-state index in [-0.39, 0.29) is 17.9 Å². The summed E-state index contributed by atoms with van der Waals surface area (Å²) in [7, 11) is 1.51. The predicted molar refractivity (Wildman–Crippen MR) is 86.2 cm³/mol. The number of nitrogens with one attached hydrogen (secondary N) is 2. The van der Waals surface area contributed by atoms with E-state index in [0.717, 1.165) is 0 Å². The van der Waals surface area contributed by atoms with Gasteiger partial charge in [-0.25, -0.2) is 4.79 Å². The average molecular weight is 316 g/mol. The Bertz CT molecular complexity index is 631. The van der Waals surface area contributed by atoms with E-state index in [1.807, 2.05) is 0 Å². The molecule has 2 rings (SSSR count). The number of ether oxygens (including phenoxy) is 1. The van der Waals surface area contributed by atoms with Crippen LogP contribution in [0.25, 0.3) is 0 Å². The van der Waals surface area contributed by atoms with E-state index in [1.54, 1.807) is 23.1 Å². The van der Waals surface area contributed by atoms with E-state index in [4.69, 9.17) is 10.00 Å². The second kappa shape index (κ2) is 7.49. The molecule has 0 unspecified atom stereocenters. The minimum absolute atomic E-state index is 0.0337. The Kier molecular flexibility index (Phi) is 5.41. The molecule has 0 aromatic heterocycles. The van der Waals surface area contributed by atoms with Crippen molar-refractivity contribution < 1.29 is 14.3 Å². The van der Waals surface area contributed by atoms with E-state index >= 15 is 0 Å². The Morgan fingerprint density at radius 1 is 1.30 bits per heavy atom. The molecule has 7 heteroatoms. The van der Waals surface area contributed by atoms with Gasteiger partial charge in [-0.3, -0.25) is 4.79 Å². The molecular formula is C16H20N4O3. The number of piperidine rings is 1. The zero-order valence-corrected chi connectivity index (χ0v) is 13.3. The van der Waals surface area contributed by atoms with Crippen molar-refractivity contribution in [1.29, 1.82) is 5.26 Å². The third kappa shape index (κ3) is 4.36. The fraction of sp³-hybridized carbons (Fsp3) is 0.438. The van der Waals surface area contributed by atoms with Crippen molar-refractivity contribution in [2.75, 3.05) is 30.8 Å². The number of carbonyl (C=O) groups is 2. The average Bonchev–Trinajstić information content (AvgIpc) is 2.54. The maximum Gasteiger partial charge on any atom is 0.321 e. The van der Waals surface area contributed by atoms with E-state index in [1.165, 1.54) is 14.0 Å². The molecule has 0 atom stereocenters. The number of anilines is 2. The quantitative estimate of drug-likeness (QED) is 0.895. The van der Waals surface area contributed by atoms with Gasteiger partial charge in [-0.05, 0) is 31.0 Å². The maximum absolute atomic E-state index is 12.3. The molecule has 0 radical (unpaired) electrons. The Morgan fingerprint density at radius 3 is 2.57 bits per heavy atom. The Morgan fingerprint density at radius 2 is 2.00 bits per heavy atom. The van der Waals surface area contributed by atoms with Gasteiger partial charge in [0, 0.05) is 31.6 Å². The lowest BCUT2D eigenvalue weighted by molar-refractivity contribution is -0.114. The zero-order chi connectivity index (χ0) is 16.8. The van der Waals surface area contributed by atoms with Gasteiger partial charge in [0.1, 0.15) is 5.75 Å². The van der Waals surface area contributed by atoms with Gasteiger partial charge in [0.2, 0.25) is 5.91 Å². The van der Waals surface area contributed by atoms with Crippen LogP contribution in [0.2, 0.25) is 0 Å². The molecule has 0 aliphatic carbocycles. The number of hydrogen-bond acceptors (Lipinski definition) is 4. The van der Waals surface area contributed by atoms with Crippen LogP contribution in [0.4, 0.5) is 16.2 Å². The first-order valence-electron chi connectivity index (χ1n) is 7.44. The number of urea groups is 1. The van der Waals surface area contributed by atoms with Gasteiger partial charge >= 0.3 is 6.03 Å². The number of benzene rings is 1. The van der Waals surface area contributed by atoms with E-state index in [9.17, 15) is 9.59 Å². The molecule has 1 saturated heterocycles. The van der Waals surface area contributed by atoms with Gasteiger partial charge in [0.25, 0.3) is 0 Å². The van der Waals surface area contributed by atoms with Crippen molar-refractivity contribution in [2.45, 2.75) is 19.8 Å². The van der Waals surface area contributed by atoms with Crippen LogP contribution >= 0.6 is 0 Å². The van der Waals surface area contributed by atoms with Gasteiger partial charge < -0.3 is 20.3 Å². The van der Waals surface area contributed by atoms with Crippen LogP contribution in [0.15, 0.2) is 18.2 Å². The first-order chi connectivity index (χ1) is 11.0. The number of hydrogen-bond donors (Lipinski definition) is 2. The summed E-state index contributed by atoms with van der Waals surface area (Å²) in [5.41, 5.74) is 1.07. The smallest absolute Gasteiger partial charge is 0.321 e. The number of nitriles is 1. The fourth-order valence-electron chi connectivity index (χ4n) is 2.49. The van der Waals surface area contributed by atoms with Gasteiger partial charge in [0.15, 0.2) is 0 Å². The summed E-state index contributed by atoms with van der Waals surface area (Å²) in [4.78, 5) is 25.2. The third-order valence-electron chi connectivity index (χ3n) is 3.73. The SMILES string of the molecule is COc1ccc(NC(=O)N2CCC(C#N)CC2)cc1NC(C)=O. The minimum Gasteiger partial charge on any atom is -0.495 e. The molecule has 1 heterocycles. The van der Waals surface area contributed by atoms with Crippen molar-refractivity contribution >= 4 is 23.3 Å². The zero-order valence-electron chi connectivity index (χ0n) is 13.3. The summed E-state index contributed by atoms with van der Waals surface area (Å²) >= 11 is 0. The number of nitrogens with zero attached hydrogens (tertiary/aromatic N) is 2. The van der Waals surface area contributed by atoms with Crippen LogP contribution in [0, 0.1) is 17.2 Å². The van der Waals surface area contributed by atoms with Crippen LogP contribution in [-0.2, 0) is 4.79 Å². The fourth-order valence-corrected chi connectivity index (χ4v) is 2.49. The molecule has 0 bridgehead atoms. The first-order valence-corrected chi connectivity index (χ1v) is 7.44. The molecule has 122 valence electrons. The normalized spacial score (nSPS) is 14.7. The molecule has 2 N–H and O–H groups in total. The topological polar surface area (TPSA) is 94.5 Å². The molecule has 23 heavy (non-hydrogen) atoms. The van der Waals surface area contributed by atoms with Crippen LogP contribution in [0.5, 0.6) is 5.75 Å². The molecule has 0 spiro atoms. The first kappa shape index (κ1) is 16.6. The van der Waals surface area contributed by atoms with Gasteiger partial charge in [-0.15, -0.1) is 0 Å². The van der Waals surface area contributed by atoms with Crippen molar-refractivity contribution in [3.8, 4) is 11.8 Å². The van der Waals surface area contributed by atoms with Gasteiger partial charge in [-0.2, -0.15) is 5.26 Å². The molecule has 0 saturated carbocycles. The number of carbonyl (C=O) groups excluding carboxylic acids is 2. The predicted octanol–water partition coefficient (Wildman–Crippen LogP) is 2.42. The van der Waals surface area contributed by atoms with E-state index in [0.29, 0.717) is 43.1 Å². The highest BCUT2D eigenvalue weighted by atomic mass is 16.5. The molecule has 1 aliphatic rings. The molecule has 7 nitrogen and oxygen atoms in total. The highest BCUT2D eigenvalue weighted by molar-refractivity contribution is 5.94. The van der Waals surface area contributed by atoms with Crippen LogP contribution in [0.3, 0.4) is 0 Å². The minimum atomic E-state index is -0.217. The van der Waals surface area contributed by atoms with E-state index < -0.39 is 0 Å². The summed E-state index contributed by atoms with van der Waals surface area (Å²) in [6.45, 7) is 2.54. The molecule has 3 amide bonds. The molecule has 1 aliphatic heterocycles. The standard InChI is InChI=1S/C16H20N4O3/c1-11(21)18-14-9-13(3-4-15(14)23-2)19-16(22)20-7-5-12(10-17)6-8-20/h3-4,9,12H,5-8H2,1-2H3,(H,18,21)(H,19,22). The highest BCUT2D eigenvalue weighted by Gasteiger charge is 2.22. The second-order valence-electron chi connectivity index (χ2n) is 5.42. The highest BCUT2D eigenvalue weighted by Crippen LogP contribution is 2.28. The number of methoxy groups -OCH3 is 1. The molecule has 1 aromatic carbocycles. The number of amides is 3. The van der Waals surface area contributed by atoms with Gasteiger partial charge in [0.05, 0.1) is 18.9 Å². The Balaban J connectivity index is 2.03. The Labute approximate surface area is 135 Å². The molecular weight excluding hydrogens is 296 g/mol. The lowest BCUT2D eigenvalue weighted by Gasteiger charge is -2.29. The van der Waals surface area contributed by atoms with Gasteiger partial charge in [-0.1, -0.05) is 0 Å². The lowest BCUT2D eigenvalue weighted by atomic mass is 9.99. The summed E-state index contributed by atoms with van der Waals surface area (Å²) in [5.74, 6) is 0.338.